The lowest BCUT2D eigenvalue weighted by Gasteiger charge is -2.09. The van der Waals surface area contributed by atoms with Crippen molar-refractivity contribution in [3.8, 4) is 0 Å². The number of aliphatic hydroxyl groups excluding tert-OH is 1. The number of unbranched alkanes of at least 4 members (excludes halogenated alkanes) is 1. The number of esters is 1. The number of ether oxygens (including phenoxy) is 1. The van der Waals surface area contributed by atoms with Crippen LogP contribution in [-0.2, 0) is 23.9 Å². The largest absolute Gasteiger partial charge is 0.478 e. The Bertz CT molecular complexity index is 975. The van der Waals surface area contributed by atoms with Crippen LogP contribution in [0.2, 0.25) is 0 Å². The minimum absolute atomic E-state index is 0.128. The zero-order valence-electron chi connectivity index (χ0n) is 21.9. The van der Waals surface area contributed by atoms with Gasteiger partial charge in [0.2, 0.25) is 0 Å². The van der Waals surface area contributed by atoms with E-state index in [1.807, 2.05) is 56.3 Å². The molecule has 0 amide bonds. The van der Waals surface area contributed by atoms with E-state index in [1.54, 1.807) is 0 Å². The Kier molecular flexibility index (Phi) is 20.8. The van der Waals surface area contributed by atoms with Crippen LogP contribution >= 0.6 is 0 Å². The van der Waals surface area contributed by atoms with Gasteiger partial charge in [-0.15, -0.1) is 0 Å². The summed E-state index contributed by atoms with van der Waals surface area (Å²) in [5, 5.41) is 34.2. The number of carbonyl (C=O) groups excluding carboxylic acids is 1. The van der Waals surface area contributed by atoms with Gasteiger partial charge in [0.05, 0.1) is 6.61 Å². The van der Waals surface area contributed by atoms with Gasteiger partial charge in [-0.25, -0.2) is 19.2 Å². The van der Waals surface area contributed by atoms with Crippen molar-refractivity contribution >= 4 is 30.0 Å². The summed E-state index contributed by atoms with van der Waals surface area (Å²) in [6.45, 7) is 14.2. The molecule has 0 bridgehead atoms. The Hall–Kier alpha value is -4.24. The van der Waals surface area contributed by atoms with Gasteiger partial charge in [0.15, 0.2) is 0 Å². The number of benzene rings is 1. The molecule has 1 rings (SSSR count). The van der Waals surface area contributed by atoms with E-state index in [-0.39, 0.29) is 36.1 Å². The lowest BCUT2D eigenvalue weighted by molar-refractivity contribution is -0.138. The summed E-state index contributed by atoms with van der Waals surface area (Å²) in [4.78, 5) is 41.6. The van der Waals surface area contributed by atoms with E-state index < -0.39 is 23.8 Å². The van der Waals surface area contributed by atoms with E-state index in [1.165, 1.54) is 12.2 Å². The molecule has 2 unspecified atom stereocenters. The Morgan fingerprint density at radius 2 is 1.55 bits per heavy atom. The average molecular weight is 531 g/mol. The highest BCUT2D eigenvalue weighted by Gasteiger charge is 2.15. The van der Waals surface area contributed by atoms with Crippen LogP contribution in [0.3, 0.4) is 0 Å². The molecule has 9 nitrogen and oxygen atoms in total. The molecule has 0 heterocycles. The smallest absolute Gasteiger partial charge is 0.331 e. The first kappa shape index (κ1) is 35.9. The van der Waals surface area contributed by atoms with Crippen molar-refractivity contribution in [1.29, 1.82) is 0 Å². The van der Waals surface area contributed by atoms with E-state index in [0.717, 1.165) is 24.5 Å². The number of carboxylic acids is 3. The Morgan fingerprint density at radius 1 is 0.974 bits per heavy atom. The normalized spacial score (nSPS) is 11.7. The number of carbonyl (C=O) groups is 4. The zero-order chi connectivity index (χ0) is 29.5. The molecule has 0 spiro atoms. The molecule has 9 heteroatoms. The highest BCUT2D eigenvalue weighted by atomic mass is 16.5. The van der Waals surface area contributed by atoms with Gasteiger partial charge in [-0.2, -0.15) is 0 Å². The van der Waals surface area contributed by atoms with Crippen LogP contribution in [0.15, 0.2) is 85.5 Å². The summed E-state index contributed by atoms with van der Waals surface area (Å²) in [6.07, 6.45) is 9.09. The fourth-order valence-corrected chi connectivity index (χ4v) is 2.39. The topological polar surface area (TPSA) is 158 Å². The second-order valence-electron chi connectivity index (χ2n) is 7.76. The molecule has 38 heavy (non-hydrogen) atoms. The van der Waals surface area contributed by atoms with Gasteiger partial charge in [-0.05, 0) is 18.4 Å². The molecule has 0 saturated carbocycles. The molecule has 0 aliphatic rings. The summed E-state index contributed by atoms with van der Waals surface area (Å²) in [7, 11) is 0. The molecule has 1 aromatic carbocycles. The third-order valence-electron chi connectivity index (χ3n) is 4.74. The molecular formula is C29H38O9. The molecule has 4 N–H and O–H groups in total. The van der Waals surface area contributed by atoms with Crippen molar-refractivity contribution in [2.45, 2.75) is 33.1 Å². The number of rotatable bonds is 14. The Balaban J connectivity index is 0. The van der Waals surface area contributed by atoms with Gasteiger partial charge in [0.1, 0.15) is 0 Å². The predicted octanol–water partition coefficient (Wildman–Crippen LogP) is 4.76. The van der Waals surface area contributed by atoms with Crippen molar-refractivity contribution < 1.29 is 44.3 Å². The number of hydrogen-bond acceptors (Lipinski definition) is 6. The minimum Gasteiger partial charge on any atom is -0.478 e. The highest BCUT2D eigenvalue weighted by molar-refractivity contribution is 5.87. The van der Waals surface area contributed by atoms with E-state index >= 15 is 0 Å². The monoisotopic (exact) mass is 530 g/mol. The number of aliphatic carboxylic acids is 3. The molecular weight excluding hydrogens is 492 g/mol. The lowest BCUT2D eigenvalue weighted by Crippen LogP contribution is -2.11. The molecule has 0 fully saturated rings. The van der Waals surface area contributed by atoms with Gasteiger partial charge in [-0.1, -0.05) is 88.6 Å². The van der Waals surface area contributed by atoms with Crippen molar-refractivity contribution in [3.05, 3.63) is 91.1 Å². The first-order valence-corrected chi connectivity index (χ1v) is 11.8. The number of hydrogen-bond donors (Lipinski definition) is 4. The molecule has 0 radical (unpaired) electrons. The standard InChI is InChI=1S/C13H14O2.C9H12O5.C7H12O2/c1-10(11(2)13(14)15)8-9-12-6-4-3-5-7-12;1-6(9(13)14)7(4-5-10)2-3-8(11)12;1-3-5-6-9-7(8)4-2/h3-10H,2H2,1H3,(H,14,15);2-3,7,10H,1,4-5H2,(H,11,12)(H,13,14);4H,2-3,5-6H2,1H3. The first-order valence-electron chi connectivity index (χ1n) is 11.8. The highest BCUT2D eigenvalue weighted by Crippen LogP contribution is 2.15. The van der Waals surface area contributed by atoms with Gasteiger partial charge in [-0.3, -0.25) is 0 Å². The van der Waals surface area contributed by atoms with Crippen LogP contribution in [0.4, 0.5) is 0 Å². The van der Waals surface area contributed by atoms with Crippen LogP contribution in [0, 0.1) is 11.8 Å². The van der Waals surface area contributed by atoms with Crippen LogP contribution in [0.1, 0.15) is 38.7 Å². The quantitative estimate of drug-likeness (QED) is 0.151. The van der Waals surface area contributed by atoms with Crippen molar-refractivity contribution in [2.75, 3.05) is 13.2 Å². The van der Waals surface area contributed by atoms with Crippen molar-refractivity contribution in [1.82, 2.24) is 0 Å². The number of carboxylic acid groups (broad SMARTS) is 3. The lowest BCUT2D eigenvalue weighted by atomic mass is 9.97. The molecule has 0 aliphatic heterocycles. The molecule has 0 saturated heterocycles. The average Bonchev–Trinajstić information content (AvgIpc) is 2.89. The number of allylic oxidation sites excluding steroid dienone is 2. The zero-order valence-corrected chi connectivity index (χ0v) is 21.9. The van der Waals surface area contributed by atoms with E-state index in [4.69, 9.17) is 20.4 Å². The maximum atomic E-state index is 10.6. The summed E-state index contributed by atoms with van der Waals surface area (Å²) < 4.78 is 4.67. The van der Waals surface area contributed by atoms with Crippen LogP contribution in [-0.4, -0.2) is 57.5 Å². The van der Waals surface area contributed by atoms with Crippen molar-refractivity contribution in [2.24, 2.45) is 11.8 Å². The maximum absolute atomic E-state index is 10.6. The summed E-state index contributed by atoms with van der Waals surface area (Å²) in [5.74, 6) is -4.43. The second-order valence-corrected chi connectivity index (χ2v) is 7.76. The van der Waals surface area contributed by atoms with Gasteiger partial charge in [0.25, 0.3) is 0 Å². The van der Waals surface area contributed by atoms with Crippen LogP contribution in [0.25, 0.3) is 6.08 Å². The Morgan fingerprint density at radius 3 is 2.00 bits per heavy atom. The third-order valence-corrected chi connectivity index (χ3v) is 4.74. The summed E-state index contributed by atoms with van der Waals surface area (Å²) in [6, 6.07) is 9.75. The third kappa shape index (κ3) is 19.0. The molecule has 0 aromatic heterocycles. The maximum Gasteiger partial charge on any atom is 0.331 e. The summed E-state index contributed by atoms with van der Waals surface area (Å²) in [5.41, 5.74) is 1.14. The van der Waals surface area contributed by atoms with Crippen LogP contribution in [0.5, 0.6) is 0 Å². The first-order chi connectivity index (χ1) is 17.9. The summed E-state index contributed by atoms with van der Waals surface area (Å²) >= 11 is 0. The minimum atomic E-state index is -1.20. The molecule has 1 aromatic rings. The fraction of sp³-hybridized carbons (Fsp3) is 0.310. The van der Waals surface area contributed by atoms with Crippen molar-refractivity contribution in [3.63, 3.8) is 0 Å². The number of aliphatic hydroxyl groups is 1. The van der Waals surface area contributed by atoms with E-state index in [2.05, 4.69) is 24.5 Å². The van der Waals surface area contributed by atoms with Crippen LogP contribution < -0.4 is 0 Å². The molecule has 208 valence electrons. The van der Waals surface area contributed by atoms with E-state index in [9.17, 15) is 19.2 Å². The Labute approximate surface area is 223 Å². The van der Waals surface area contributed by atoms with Gasteiger partial charge < -0.3 is 25.2 Å². The fourth-order valence-electron chi connectivity index (χ4n) is 2.39. The SMILES string of the molecule is C=C(C(=O)O)C(C)C=Cc1ccccc1.C=C(C(=O)O)C(C=CC(=O)O)CCO.C=CC(=O)OCCCC. The predicted molar refractivity (Wildman–Crippen MR) is 146 cm³/mol. The molecule has 2 atom stereocenters. The second kappa shape index (κ2) is 22.0. The van der Waals surface area contributed by atoms with Gasteiger partial charge in [0, 0.05) is 41.7 Å². The van der Waals surface area contributed by atoms with E-state index in [0.29, 0.717) is 6.61 Å². The van der Waals surface area contributed by atoms with Gasteiger partial charge >= 0.3 is 23.9 Å². The molecule has 0 aliphatic carbocycles.